The number of hydrogen-bond acceptors (Lipinski definition) is 2. The van der Waals surface area contributed by atoms with Crippen molar-refractivity contribution in [1.29, 1.82) is 0 Å². The maximum Gasteiger partial charge on any atom is 0.107 e. The zero-order chi connectivity index (χ0) is 8.97. The van der Waals surface area contributed by atoms with Crippen LogP contribution in [0, 0.1) is 5.92 Å². The summed E-state index contributed by atoms with van der Waals surface area (Å²) in [5, 5.41) is 0. The Labute approximate surface area is 73.8 Å². The van der Waals surface area contributed by atoms with Gasteiger partial charge in [-0.3, -0.25) is 0 Å². The molecular formula is C10H17NO. The zero-order valence-corrected chi connectivity index (χ0v) is 7.79. The molecule has 68 valence electrons. The van der Waals surface area contributed by atoms with Gasteiger partial charge < -0.3 is 10.2 Å². The fourth-order valence-electron chi connectivity index (χ4n) is 1.49. The molecule has 12 heavy (non-hydrogen) atoms. The summed E-state index contributed by atoms with van der Waals surface area (Å²) in [4.78, 5) is 0. The molecule has 0 fully saturated rings. The highest BCUT2D eigenvalue weighted by Gasteiger charge is 2.16. The lowest BCUT2D eigenvalue weighted by molar-refractivity contribution is 0.381. The Balaban J connectivity index is 2.66. The molecular weight excluding hydrogens is 150 g/mol. The van der Waals surface area contributed by atoms with Crippen LogP contribution < -0.4 is 5.73 Å². The summed E-state index contributed by atoms with van der Waals surface area (Å²) in [5.74, 6) is 2.14. The van der Waals surface area contributed by atoms with Crippen molar-refractivity contribution in [3.63, 3.8) is 0 Å². The molecule has 1 heterocycles. The Morgan fingerprint density at radius 3 is 2.67 bits per heavy atom. The molecule has 2 N–H and O–H groups in total. The van der Waals surface area contributed by atoms with Crippen molar-refractivity contribution in [2.45, 2.75) is 26.2 Å². The lowest BCUT2D eigenvalue weighted by atomic mass is 9.90. The molecule has 0 aromatic carbocycles. The molecule has 1 atom stereocenters. The maximum atomic E-state index is 5.53. The third kappa shape index (κ3) is 2.11. The predicted octanol–water partition coefficient (Wildman–Crippen LogP) is 2.37. The van der Waals surface area contributed by atoms with E-state index in [9.17, 15) is 0 Å². The lowest BCUT2D eigenvalue weighted by Crippen LogP contribution is -2.11. The van der Waals surface area contributed by atoms with E-state index in [0.717, 1.165) is 18.7 Å². The van der Waals surface area contributed by atoms with Crippen LogP contribution in [0.4, 0.5) is 0 Å². The number of furan rings is 1. The quantitative estimate of drug-likeness (QED) is 0.747. The van der Waals surface area contributed by atoms with E-state index in [-0.39, 0.29) is 0 Å². The molecule has 0 saturated carbocycles. The second-order valence-corrected chi connectivity index (χ2v) is 3.44. The average Bonchev–Trinajstić information content (AvgIpc) is 2.51. The fourth-order valence-corrected chi connectivity index (χ4v) is 1.49. The first-order chi connectivity index (χ1) is 5.75. The Bertz CT molecular complexity index is 204. The van der Waals surface area contributed by atoms with Crippen LogP contribution in [-0.2, 0) is 0 Å². The van der Waals surface area contributed by atoms with Crippen molar-refractivity contribution in [2.75, 3.05) is 6.54 Å². The largest absolute Gasteiger partial charge is 0.469 e. The van der Waals surface area contributed by atoms with Gasteiger partial charge in [-0.2, -0.15) is 0 Å². The molecule has 0 aliphatic rings. The molecule has 2 heteroatoms. The minimum atomic E-state index is 0.477. The van der Waals surface area contributed by atoms with Gasteiger partial charge in [-0.1, -0.05) is 13.8 Å². The van der Waals surface area contributed by atoms with E-state index in [2.05, 4.69) is 13.8 Å². The van der Waals surface area contributed by atoms with Gasteiger partial charge in [0, 0.05) is 5.92 Å². The van der Waals surface area contributed by atoms with Crippen molar-refractivity contribution in [1.82, 2.24) is 0 Å². The van der Waals surface area contributed by atoms with E-state index >= 15 is 0 Å². The van der Waals surface area contributed by atoms with Gasteiger partial charge in [0.25, 0.3) is 0 Å². The summed E-state index contributed by atoms with van der Waals surface area (Å²) in [5.41, 5.74) is 5.53. The van der Waals surface area contributed by atoms with E-state index < -0.39 is 0 Å². The van der Waals surface area contributed by atoms with Gasteiger partial charge in [-0.05, 0) is 31.0 Å². The SMILES string of the molecule is CC(C)C(CCN)c1ccco1. The summed E-state index contributed by atoms with van der Waals surface area (Å²) in [6.45, 7) is 5.12. The monoisotopic (exact) mass is 167 g/mol. The number of hydrogen-bond donors (Lipinski definition) is 1. The van der Waals surface area contributed by atoms with Crippen LogP contribution in [0.2, 0.25) is 0 Å². The lowest BCUT2D eigenvalue weighted by Gasteiger charge is -2.16. The van der Waals surface area contributed by atoms with Gasteiger partial charge in [0.2, 0.25) is 0 Å². The molecule has 2 nitrogen and oxygen atoms in total. The summed E-state index contributed by atoms with van der Waals surface area (Å²) < 4.78 is 5.35. The number of nitrogens with two attached hydrogens (primary N) is 1. The smallest absolute Gasteiger partial charge is 0.107 e. The topological polar surface area (TPSA) is 39.2 Å². The van der Waals surface area contributed by atoms with Crippen LogP contribution in [0.5, 0.6) is 0 Å². The van der Waals surface area contributed by atoms with E-state index in [0.29, 0.717) is 11.8 Å². The van der Waals surface area contributed by atoms with Crippen molar-refractivity contribution in [3.8, 4) is 0 Å². The molecule has 0 bridgehead atoms. The standard InChI is InChI=1S/C10H17NO/c1-8(2)9(5-6-11)10-4-3-7-12-10/h3-4,7-9H,5-6,11H2,1-2H3. The van der Waals surface area contributed by atoms with Crippen LogP contribution in [0.3, 0.4) is 0 Å². The Morgan fingerprint density at radius 1 is 1.50 bits per heavy atom. The maximum absolute atomic E-state index is 5.53. The van der Waals surface area contributed by atoms with E-state index in [4.69, 9.17) is 10.2 Å². The average molecular weight is 167 g/mol. The summed E-state index contributed by atoms with van der Waals surface area (Å²) in [7, 11) is 0. The van der Waals surface area contributed by atoms with Gasteiger partial charge in [-0.25, -0.2) is 0 Å². The highest BCUT2D eigenvalue weighted by molar-refractivity contribution is 5.06. The van der Waals surface area contributed by atoms with Gasteiger partial charge in [0.05, 0.1) is 6.26 Å². The van der Waals surface area contributed by atoms with Crippen molar-refractivity contribution < 1.29 is 4.42 Å². The molecule has 0 aliphatic carbocycles. The van der Waals surface area contributed by atoms with Crippen LogP contribution in [0.15, 0.2) is 22.8 Å². The molecule has 0 spiro atoms. The van der Waals surface area contributed by atoms with E-state index in [1.165, 1.54) is 0 Å². The molecule has 0 amide bonds. The first kappa shape index (κ1) is 9.33. The molecule has 0 radical (unpaired) electrons. The fraction of sp³-hybridized carbons (Fsp3) is 0.600. The van der Waals surface area contributed by atoms with Crippen LogP contribution >= 0.6 is 0 Å². The molecule has 1 aromatic heterocycles. The first-order valence-electron chi connectivity index (χ1n) is 4.49. The normalized spacial score (nSPS) is 13.7. The zero-order valence-electron chi connectivity index (χ0n) is 7.79. The number of rotatable bonds is 4. The van der Waals surface area contributed by atoms with Gasteiger partial charge in [0.1, 0.15) is 5.76 Å². The van der Waals surface area contributed by atoms with Crippen LogP contribution in [-0.4, -0.2) is 6.54 Å². The molecule has 1 unspecified atom stereocenters. The van der Waals surface area contributed by atoms with Crippen molar-refractivity contribution >= 4 is 0 Å². The third-order valence-electron chi connectivity index (χ3n) is 2.19. The Kier molecular flexibility index (Phi) is 3.35. The summed E-state index contributed by atoms with van der Waals surface area (Å²) in [6.07, 6.45) is 2.73. The summed E-state index contributed by atoms with van der Waals surface area (Å²) in [6, 6.07) is 3.96. The molecule has 1 aromatic rings. The van der Waals surface area contributed by atoms with Crippen molar-refractivity contribution in [3.05, 3.63) is 24.2 Å². The van der Waals surface area contributed by atoms with Gasteiger partial charge >= 0.3 is 0 Å². The second kappa shape index (κ2) is 4.31. The predicted molar refractivity (Wildman–Crippen MR) is 50.0 cm³/mol. The van der Waals surface area contributed by atoms with Crippen molar-refractivity contribution in [2.24, 2.45) is 11.7 Å². The Morgan fingerprint density at radius 2 is 2.25 bits per heavy atom. The first-order valence-corrected chi connectivity index (χ1v) is 4.49. The third-order valence-corrected chi connectivity index (χ3v) is 2.19. The van der Waals surface area contributed by atoms with E-state index in [1.807, 2.05) is 12.1 Å². The minimum absolute atomic E-state index is 0.477. The molecule has 0 aliphatic heterocycles. The molecule has 1 rings (SSSR count). The van der Waals surface area contributed by atoms with E-state index in [1.54, 1.807) is 6.26 Å². The highest BCUT2D eigenvalue weighted by Crippen LogP contribution is 2.27. The molecule has 0 saturated heterocycles. The summed E-state index contributed by atoms with van der Waals surface area (Å²) >= 11 is 0. The van der Waals surface area contributed by atoms with Gasteiger partial charge in [0.15, 0.2) is 0 Å². The minimum Gasteiger partial charge on any atom is -0.469 e. The van der Waals surface area contributed by atoms with Gasteiger partial charge in [-0.15, -0.1) is 0 Å². The second-order valence-electron chi connectivity index (χ2n) is 3.44. The highest BCUT2D eigenvalue weighted by atomic mass is 16.3. The van der Waals surface area contributed by atoms with Crippen LogP contribution in [0.1, 0.15) is 31.9 Å². The van der Waals surface area contributed by atoms with Crippen LogP contribution in [0.25, 0.3) is 0 Å². The Hall–Kier alpha value is -0.760.